The van der Waals surface area contributed by atoms with E-state index >= 15 is 0 Å². The number of carbonyl (C=O) groups excluding carboxylic acids is 2. The number of fused-ring (bicyclic) bond motifs is 2. The lowest BCUT2D eigenvalue weighted by atomic mass is 10.0. The molecule has 4 nitrogen and oxygen atoms in total. The Morgan fingerprint density at radius 1 is 1.07 bits per heavy atom. The molecular weight excluding hydrogens is 350 g/mol. The summed E-state index contributed by atoms with van der Waals surface area (Å²) in [6, 6.07) is 13.3. The molecule has 0 unspecified atom stereocenters. The highest BCUT2D eigenvalue weighted by Crippen LogP contribution is 2.25. The first-order chi connectivity index (χ1) is 13.6. The second kappa shape index (κ2) is 7.55. The van der Waals surface area contributed by atoms with Gasteiger partial charge in [-0.15, -0.1) is 0 Å². The highest BCUT2D eigenvalue weighted by molar-refractivity contribution is 6.06. The summed E-state index contributed by atoms with van der Waals surface area (Å²) in [6.45, 7) is 3.64. The zero-order valence-electron chi connectivity index (χ0n) is 16.2. The Kier molecular flexibility index (Phi) is 4.95. The minimum atomic E-state index is -0.472. The predicted octanol–water partition coefficient (Wildman–Crippen LogP) is 4.63. The van der Waals surface area contributed by atoms with Crippen molar-refractivity contribution in [1.29, 1.82) is 0 Å². The number of carbonyl (C=O) groups is 2. The van der Waals surface area contributed by atoms with Crippen LogP contribution in [0.15, 0.2) is 42.5 Å². The van der Waals surface area contributed by atoms with Crippen molar-refractivity contribution >= 4 is 22.7 Å². The van der Waals surface area contributed by atoms with Gasteiger partial charge in [-0.3, -0.25) is 9.78 Å². The summed E-state index contributed by atoms with van der Waals surface area (Å²) in [5.41, 5.74) is 6.12. The molecule has 1 aliphatic carbocycles. The molecule has 1 aromatic heterocycles. The monoisotopic (exact) mass is 373 g/mol. The van der Waals surface area contributed by atoms with Gasteiger partial charge in [0, 0.05) is 16.6 Å². The lowest BCUT2D eigenvalue weighted by molar-refractivity contribution is 0.0476. The number of pyridine rings is 1. The van der Waals surface area contributed by atoms with Gasteiger partial charge in [0.2, 0.25) is 0 Å². The summed E-state index contributed by atoms with van der Waals surface area (Å²) in [6.07, 6.45) is 3.95. The van der Waals surface area contributed by atoms with Crippen molar-refractivity contribution in [2.75, 3.05) is 6.61 Å². The molecule has 0 amide bonds. The van der Waals surface area contributed by atoms with Crippen LogP contribution in [0.5, 0.6) is 0 Å². The van der Waals surface area contributed by atoms with Gasteiger partial charge in [-0.1, -0.05) is 37.3 Å². The van der Waals surface area contributed by atoms with Crippen molar-refractivity contribution < 1.29 is 14.3 Å². The Balaban J connectivity index is 1.57. The van der Waals surface area contributed by atoms with E-state index in [1.165, 1.54) is 11.1 Å². The Morgan fingerprint density at radius 3 is 2.68 bits per heavy atom. The largest absolute Gasteiger partial charge is 0.454 e. The van der Waals surface area contributed by atoms with E-state index in [2.05, 4.69) is 4.98 Å². The van der Waals surface area contributed by atoms with E-state index in [9.17, 15) is 9.59 Å². The Bertz CT molecular complexity index is 1080. The van der Waals surface area contributed by atoms with Gasteiger partial charge in [-0.05, 0) is 61.4 Å². The van der Waals surface area contributed by atoms with Crippen LogP contribution in [-0.4, -0.2) is 23.3 Å². The molecule has 0 radical (unpaired) electrons. The summed E-state index contributed by atoms with van der Waals surface area (Å²) < 4.78 is 5.44. The number of rotatable bonds is 5. The normalized spacial score (nSPS) is 12.8. The van der Waals surface area contributed by atoms with Gasteiger partial charge in [0.25, 0.3) is 0 Å². The number of ether oxygens (including phenoxy) is 1. The number of hydrogen-bond acceptors (Lipinski definition) is 4. The first kappa shape index (κ1) is 18.4. The van der Waals surface area contributed by atoms with Crippen molar-refractivity contribution in [3.05, 3.63) is 76.0 Å². The number of nitrogens with zero attached hydrogens (tertiary/aromatic N) is 1. The second-order valence-corrected chi connectivity index (χ2v) is 7.27. The van der Waals surface area contributed by atoms with Gasteiger partial charge in [0.15, 0.2) is 12.4 Å². The van der Waals surface area contributed by atoms with E-state index in [1.807, 2.05) is 56.3 Å². The first-order valence-electron chi connectivity index (χ1n) is 9.78. The molecule has 142 valence electrons. The van der Waals surface area contributed by atoms with Crippen LogP contribution < -0.4 is 0 Å². The molecule has 0 fully saturated rings. The molecule has 0 saturated carbocycles. The third-order valence-electron chi connectivity index (χ3n) is 5.53. The topological polar surface area (TPSA) is 56.3 Å². The lowest BCUT2D eigenvalue weighted by Gasteiger charge is -2.13. The number of aryl methyl sites for hydroxylation is 3. The van der Waals surface area contributed by atoms with Crippen LogP contribution in [0.1, 0.15) is 56.4 Å². The van der Waals surface area contributed by atoms with Crippen LogP contribution in [0.2, 0.25) is 0 Å². The minimum Gasteiger partial charge on any atom is -0.454 e. The number of hydrogen-bond donors (Lipinski definition) is 0. The fourth-order valence-electron chi connectivity index (χ4n) is 4.00. The van der Waals surface area contributed by atoms with Crippen LogP contribution >= 0.6 is 0 Å². The number of ketones is 1. The maximum Gasteiger partial charge on any atom is 0.339 e. The second-order valence-electron chi connectivity index (χ2n) is 7.27. The van der Waals surface area contributed by atoms with Crippen molar-refractivity contribution in [3.8, 4) is 0 Å². The van der Waals surface area contributed by atoms with Crippen molar-refractivity contribution in [3.63, 3.8) is 0 Å². The summed E-state index contributed by atoms with van der Waals surface area (Å²) in [7, 11) is 0. The van der Waals surface area contributed by atoms with Crippen LogP contribution in [0.25, 0.3) is 10.9 Å². The average Bonchev–Trinajstić information content (AvgIpc) is 3.19. The molecule has 1 aliphatic rings. The van der Waals surface area contributed by atoms with Crippen LogP contribution in [0.3, 0.4) is 0 Å². The fourth-order valence-corrected chi connectivity index (χ4v) is 4.00. The predicted molar refractivity (Wildman–Crippen MR) is 109 cm³/mol. The Morgan fingerprint density at radius 2 is 1.86 bits per heavy atom. The number of esters is 1. The maximum atomic E-state index is 12.9. The van der Waals surface area contributed by atoms with Gasteiger partial charge in [0.05, 0.1) is 11.1 Å². The van der Waals surface area contributed by atoms with Crippen LogP contribution in [0.4, 0.5) is 0 Å². The highest BCUT2D eigenvalue weighted by atomic mass is 16.5. The van der Waals surface area contributed by atoms with E-state index in [0.717, 1.165) is 47.8 Å². The SMILES string of the molecule is CCc1nc2ccccc2c(C(=O)OCC(=O)c2ccc3c(c2)CCC3)c1C. The number of aromatic nitrogens is 1. The molecule has 28 heavy (non-hydrogen) atoms. The molecule has 0 saturated heterocycles. The summed E-state index contributed by atoms with van der Waals surface area (Å²) in [5, 5.41) is 0.757. The van der Waals surface area contributed by atoms with Gasteiger partial charge in [-0.25, -0.2) is 4.79 Å². The van der Waals surface area contributed by atoms with Crippen LogP contribution in [0, 0.1) is 6.92 Å². The molecule has 4 heteroatoms. The third kappa shape index (κ3) is 3.31. The minimum absolute atomic E-state index is 0.172. The van der Waals surface area contributed by atoms with E-state index in [0.29, 0.717) is 11.1 Å². The van der Waals surface area contributed by atoms with E-state index in [1.54, 1.807) is 0 Å². The molecule has 0 aliphatic heterocycles. The van der Waals surface area contributed by atoms with Crippen LogP contribution in [-0.2, 0) is 24.0 Å². The molecule has 3 aromatic rings. The van der Waals surface area contributed by atoms with Gasteiger partial charge in [-0.2, -0.15) is 0 Å². The zero-order chi connectivity index (χ0) is 19.7. The molecule has 0 bridgehead atoms. The van der Waals surface area contributed by atoms with Crippen molar-refractivity contribution in [1.82, 2.24) is 4.98 Å². The molecule has 0 spiro atoms. The molecule has 2 aromatic carbocycles. The summed E-state index contributed by atoms with van der Waals surface area (Å²) in [5.74, 6) is -0.643. The molecule has 0 N–H and O–H groups in total. The molecule has 0 atom stereocenters. The first-order valence-corrected chi connectivity index (χ1v) is 9.78. The molecule has 4 rings (SSSR count). The number of benzene rings is 2. The Labute approximate surface area is 164 Å². The highest BCUT2D eigenvalue weighted by Gasteiger charge is 2.20. The third-order valence-corrected chi connectivity index (χ3v) is 5.53. The van der Waals surface area contributed by atoms with E-state index in [-0.39, 0.29) is 12.4 Å². The fraction of sp³-hybridized carbons (Fsp3) is 0.292. The number of para-hydroxylation sites is 1. The smallest absolute Gasteiger partial charge is 0.339 e. The summed E-state index contributed by atoms with van der Waals surface area (Å²) >= 11 is 0. The molecule has 1 heterocycles. The van der Waals surface area contributed by atoms with E-state index < -0.39 is 5.97 Å². The molecular formula is C24H23NO3. The van der Waals surface area contributed by atoms with Crippen molar-refractivity contribution in [2.24, 2.45) is 0 Å². The average molecular weight is 373 g/mol. The maximum absolute atomic E-state index is 12.9. The van der Waals surface area contributed by atoms with Crippen molar-refractivity contribution in [2.45, 2.75) is 39.5 Å². The Hall–Kier alpha value is -3.01. The van der Waals surface area contributed by atoms with Gasteiger partial charge in [0.1, 0.15) is 0 Å². The standard InChI is InChI=1S/C24H23NO3/c1-3-20-15(2)23(19-9-4-5-10-21(19)25-20)24(27)28-14-22(26)18-12-11-16-7-6-8-17(16)13-18/h4-5,9-13H,3,6-8,14H2,1-2H3. The quantitative estimate of drug-likeness (QED) is 0.483. The van der Waals surface area contributed by atoms with E-state index in [4.69, 9.17) is 4.74 Å². The zero-order valence-corrected chi connectivity index (χ0v) is 16.2. The summed E-state index contributed by atoms with van der Waals surface area (Å²) in [4.78, 5) is 30.1. The number of Topliss-reactive ketones (excluding diaryl/α,β-unsaturated/α-hetero) is 1. The lowest BCUT2D eigenvalue weighted by Crippen LogP contribution is -2.16. The van der Waals surface area contributed by atoms with Gasteiger partial charge < -0.3 is 4.74 Å². The van der Waals surface area contributed by atoms with Gasteiger partial charge >= 0.3 is 5.97 Å².